The molecule has 0 atom stereocenters. The molecule has 3 heteroatoms. The van der Waals surface area contributed by atoms with Gasteiger partial charge in [-0.05, 0) is 37.2 Å². The third kappa shape index (κ3) is 2.97. The third-order valence-electron chi connectivity index (χ3n) is 3.29. The summed E-state index contributed by atoms with van der Waals surface area (Å²) in [5, 5.41) is 0.833. The van der Waals surface area contributed by atoms with Gasteiger partial charge < -0.3 is 4.90 Å². The fourth-order valence-corrected chi connectivity index (χ4v) is 2.31. The lowest BCUT2D eigenvalue weighted by molar-refractivity contribution is 0.148. The average Bonchev–Trinajstić information content (AvgIpc) is 2.25. The highest BCUT2D eigenvalue weighted by Gasteiger charge is 2.14. The quantitative estimate of drug-likeness (QED) is 0.781. The van der Waals surface area contributed by atoms with Crippen LogP contribution < -0.4 is 0 Å². The fraction of sp³-hybridized carbons (Fsp3) is 0.538. The van der Waals surface area contributed by atoms with Crippen LogP contribution in [0.3, 0.4) is 0 Å². The molecule has 1 heterocycles. The van der Waals surface area contributed by atoms with Crippen LogP contribution in [0.15, 0.2) is 18.2 Å². The highest BCUT2D eigenvalue weighted by molar-refractivity contribution is 6.30. The van der Waals surface area contributed by atoms with Gasteiger partial charge in [0.25, 0.3) is 0 Å². The van der Waals surface area contributed by atoms with E-state index in [2.05, 4.69) is 29.8 Å². The second-order valence-corrected chi connectivity index (χ2v) is 5.09. The molecule has 0 amide bonds. The lowest BCUT2D eigenvalue weighted by Gasteiger charge is -2.32. The first kappa shape index (κ1) is 11.9. The Bertz CT molecular complexity index is 357. The van der Waals surface area contributed by atoms with E-state index in [9.17, 15) is 0 Å². The SMILES string of the molecule is Cc1cc(Cl)ccc1CN1CCN(C)CC1. The predicted molar refractivity (Wildman–Crippen MR) is 69.0 cm³/mol. The molecule has 0 spiro atoms. The van der Waals surface area contributed by atoms with Crippen molar-refractivity contribution in [3.63, 3.8) is 0 Å². The van der Waals surface area contributed by atoms with Gasteiger partial charge in [-0.1, -0.05) is 17.7 Å². The standard InChI is InChI=1S/C13H19ClN2/c1-11-9-13(14)4-3-12(11)10-16-7-5-15(2)6-8-16/h3-4,9H,5-8,10H2,1-2H3. The van der Waals surface area contributed by atoms with Crippen LogP contribution >= 0.6 is 11.6 Å². The van der Waals surface area contributed by atoms with E-state index < -0.39 is 0 Å². The molecular weight excluding hydrogens is 220 g/mol. The molecule has 2 rings (SSSR count). The van der Waals surface area contributed by atoms with Crippen molar-refractivity contribution in [1.82, 2.24) is 9.80 Å². The summed E-state index contributed by atoms with van der Waals surface area (Å²) in [6.07, 6.45) is 0. The van der Waals surface area contributed by atoms with Gasteiger partial charge in [0.1, 0.15) is 0 Å². The molecule has 0 unspecified atom stereocenters. The van der Waals surface area contributed by atoms with Crippen LogP contribution in [-0.2, 0) is 6.54 Å². The Morgan fingerprint density at radius 2 is 1.88 bits per heavy atom. The van der Waals surface area contributed by atoms with Gasteiger partial charge in [-0.25, -0.2) is 0 Å². The van der Waals surface area contributed by atoms with Gasteiger partial charge in [-0.15, -0.1) is 0 Å². The molecule has 0 aromatic heterocycles. The molecule has 0 N–H and O–H groups in total. The number of aryl methyl sites for hydroxylation is 1. The number of halogens is 1. The van der Waals surface area contributed by atoms with Crippen molar-refractivity contribution in [2.75, 3.05) is 33.2 Å². The first-order chi connectivity index (χ1) is 7.65. The summed E-state index contributed by atoms with van der Waals surface area (Å²) in [6.45, 7) is 7.87. The van der Waals surface area contributed by atoms with Gasteiger partial charge in [0.05, 0.1) is 0 Å². The van der Waals surface area contributed by atoms with Gasteiger partial charge in [0, 0.05) is 37.7 Å². The van der Waals surface area contributed by atoms with Crippen LogP contribution in [-0.4, -0.2) is 43.0 Å². The van der Waals surface area contributed by atoms with Crippen LogP contribution in [0.2, 0.25) is 5.02 Å². The molecule has 88 valence electrons. The number of rotatable bonds is 2. The zero-order valence-electron chi connectivity index (χ0n) is 10.0. The minimum Gasteiger partial charge on any atom is -0.304 e. The van der Waals surface area contributed by atoms with Crippen molar-refractivity contribution in [3.05, 3.63) is 34.3 Å². The number of hydrogen-bond donors (Lipinski definition) is 0. The van der Waals surface area contributed by atoms with Crippen molar-refractivity contribution < 1.29 is 0 Å². The predicted octanol–water partition coefficient (Wildman–Crippen LogP) is 2.40. The van der Waals surface area contributed by atoms with E-state index in [0.717, 1.165) is 11.6 Å². The second kappa shape index (κ2) is 5.17. The van der Waals surface area contributed by atoms with Gasteiger partial charge in [0.2, 0.25) is 0 Å². The van der Waals surface area contributed by atoms with Crippen LogP contribution in [0.5, 0.6) is 0 Å². The summed E-state index contributed by atoms with van der Waals surface area (Å²) in [5.74, 6) is 0. The lowest BCUT2D eigenvalue weighted by atomic mass is 10.1. The van der Waals surface area contributed by atoms with Crippen molar-refractivity contribution in [1.29, 1.82) is 0 Å². The van der Waals surface area contributed by atoms with Gasteiger partial charge in [-0.2, -0.15) is 0 Å². The largest absolute Gasteiger partial charge is 0.304 e. The first-order valence-corrected chi connectivity index (χ1v) is 6.19. The number of nitrogens with zero attached hydrogens (tertiary/aromatic N) is 2. The molecule has 0 saturated carbocycles. The number of likely N-dealkylation sites (N-methyl/N-ethyl adjacent to an activating group) is 1. The van der Waals surface area contributed by atoms with Gasteiger partial charge in [-0.3, -0.25) is 4.90 Å². The highest BCUT2D eigenvalue weighted by Crippen LogP contribution is 2.17. The van der Waals surface area contributed by atoms with E-state index in [1.165, 1.54) is 37.3 Å². The molecule has 0 radical (unpaired) electrons. The maximum absolute atomic E-state index is 5.96. The van der Waals surface area contributed by atoms with Crippen LogP contribution in [0.25, 0.3) is 0 Å². The molecule has 1 aromatic carbocycles. The summed E-state index contributed by atoms with van der Waals surface area (Å²) in [5.41, 5.74) is 2.69. The Kier molecular flexibility index (Phi) is 3.85. The van der Waals surface area contributed by atoms with E-state index in [4.69, 9.17) is 11.6 Å². The monoisotopic (exact) mass is 238 g/mol. The minimum absolute atomic E-state index is 0.833. The van der Waals surface area contributed by atoms with Crippen molar-refractivity contribution in [2.45, 2.75) is 13.5 Å². The lowest BCUT2D eigenvalue weighted by Crippen LogP contribution is -2.43. The van der Waals surface area contributed by atoms with Crippen molar-refractivity contribution in [3.8, 4) is 0 Å². The van der Waals surface area contributed by atoms with Crippen LogP contribution in [0.4, 0.5) is 0 Å². The number of benzene rings is 1. The Hall–Kier alpha value is -0.570. The van der Waals surface area contributed by atoms with E-state index in [1.807, 2.05) is 12.1 Å². The zero-order chi connectivity index (χ0) is 11.5. The summed E-state index contributed by atoms with van der Waals surface area (Å²) >= 11 is 5.96. The molecule has 0 aliphatic carbocycles. The topological polar surface area (TPSA) is 6.48 Å². The first-order valence-electron chi connectivity index (χ1n) is 5.81. The second-order valence-electron chi connectivity index (χ2n) is 4.65. The normalized spacial score (nSPS) is 18.9. The number of hydrogen-bond acceptors (Lipinski definition) is 2. The molecule has 2 nitrogen and oxygen atoms in total. The average molecular weight is 239 g/mol. The van der Waals surface area contributed by atoms with Crippen LogP contribution in [0, 0.1) is 6.92 Å². The highest BCUT2D eigenvalue weighted by atomic mass is 35.5. The van der Waals surface area contributed by atoms with Crippen molar-refractivity contribution >= 4 is 11.6 Å². The molecule has 1 aromatic rings. The molecule has 1 saturated heterocycles. The number of piperazine rings is 1. The smallest absolute Gasteiger partial charge is 0.0408 e. The summed E-state index contributed by atoms with van der Waals surface area (Å²) in [6, 6.07) is 6.18. The molecule has 1 fully saturated rings. The Balaban J connectivity index is 1.98. The Morgan fingerprint density at radius 3 is 2.50 bits per heavy atom. The molecule has 16 heavy (non-hydrogen) atoms. The molecule has 1 aliphatic rings. The van der Waals surface area contributed by atoms with Gasteiger partial charge >= 0.3 is 0 Å². The van der Waals surface area contributed by atoms with Gasteiger partial charge in [0.15, 0.2) is 0 Å². The molecule has 1 aliphatic heterocycles. The summed E-state index contributed by atoms with van der Waals surface area (Å²) < 4.78 is 0. The zero-order valence-corrected chi connectivity index (χ0v) is 10.8. The van der Waals surface area contributed by atoms with E-state index in [1.54, 1.807) is 0 Å². The summed E-state index contributed by atoms with van der Waals surface area (Å²) in [7, 11) is 2.19. The van der Waals surface area contributed by atoms with Crippen molar-refractivity contribution in [2.24, 2.45) is 0 Å². The van der Waals surface area contributed by atoms with E-state index >= 15 is 0 Å². The molecule has 0 bridgehead atoms. The molecular formula is C13H19ClN2. The maximum atomic E-state index is 5.96. The summed E-state index contributed by atoms with van der Waals surface area (Å²) in [4.78, 5) is 4.89. The van der Waals surface area contributed by atoms with Crippen LogP contribution in [0.1, 0.15) is 11.1 Å². The van der Waals surface area contributed by atoms with E-state index in [0.29, 0.717) is 0 Å². The fourth-order valence-electron chi connectivity index (χ4n) is 2.08. The Morgan fingerprint density at radius 1 is 1.19 bits per heavy atom. The maximum Gasteiger partial charge on any atom is 0.0408 e. The van der Waals surface area contributed by atoms with E-state index in [-0.39, 0.29) is 0 Å². The minimum atomic E-state index is 0.833. The third-order valence-corrected chi connectivity index (χ3v) is 3.53. The Labute approximate surface area is 103 Å².